The molecule has 0 saturated heterocycles. The average Bonchev–Trinajstić information content (AvgIpc) is 2.86. The van der Waals surface area contributed by atoms with Crippen LogP contribution in [0.25, 0.3) is 0 Å². The van der Waals surface area contributed by atoms with Gasteiger partial charge in [-0.05, 0) is 42.4 Å². The molecule has 2 aromatic rings. The maximum atomic E-state index is 8.79. The zero-order chi connectivity index (χ0) is 13.8. The Labute approximate surface area is 118 Å². The Morgan fingerprint density at radius 3 is 2.89 bits per heavy atom. The van der Waals surface area contributed by atoms with Crippen LogP contribution in [-0.2, 0) is 6.42 Å². The second-order valence-electron chi connectivity index (χ2n) is 3.72. The Bertz CT molecular complexity index is 611. The monoisotopic (exact) mass is 295 g/mol. The number of amidine groups is 1. The fraction of sp³-hybridized carbons (Fsp3) is 0.273. The maximum absolute atomic E-state index is 8.79. The van der Waals surface area contributed by atoms with Crippen molar-refractivity contribution in [3.8, 4) is 0 Å². The van der Waals surface area contributed by atoms with Crippen LogP contribution in [0.1, 0.15) is 24.0 Å². The average molecular weight is 295 g/mol. The highest BCUT2D eigenvalue weighted by molar-refractivity contribution is 8.01. The van der Waals surface area contributed by atoms with Gasteiger partial charge in [-0.1, -0.05) is 12.1 Å². The van der Waals surface area contributed by atoms with Gasteiger partial charge in [-0.3, -0.25) is 0 Å². The normalized spacial score (nSPS) is 11.8. The Hall–Kier alpha value is -1.67. The molecule has 0 radical (unpaired) electrons. The SMILES string of the molecule is CCc1nsc(Sc2nc(C)ccc2C(N)=NO)n1. The number of nitrogens with two attached hydrogens (primary N) is 1. The van der Waals surface area contributed by atoms with E-state index < -0.39 is 0 Å². The summed E-state index contributed by atoms with van der Waals surface area (Å²) in [5.41, 5.74) is 7.09. The maximum Gasteiger partial charge on any atom is 0.176 e. The number of aryl methyl sites for hydroxylation is 2. The largest absolute Gasteiger partial charge is 0.409 e. The minimum atomic E-state index is 0.0373. The third-order valence-electron chi connectivity index (χ3n) is 2.33. The number of oxime groups is 1. The van der Waals surface area contributed by atoms with Crippen LogP contribution in [0.4, 0.5) is 0 Å². The molecule has 3 N–H and O–H groups in total. The van der Waals surface area contributed by atoms with Crippen molar-refractivity contribution in [2.45, 2.75) is 29.6 Å². The molecule has 0 fully saturated rings. The van der Waals surface area contributed by atoms with E-state index >= 15 is 0 Å². The Balaban J connectivity index is 2.35. The summed E-state index contributed by atoms with van der Waals surface area (Å²) in [5, 5.41) is 12.5. The first kappa shape index (κ1) is 13.8. The molecule has 100 valence electrons. The van der Waals surface area contributed by atoms with Gasteiger partial charge in [-0.15, -0.1) is 0 Å². The third-order valence-corrected chi connectivity index (χ3v) is 4.13. The topological polar surface area (TPSA) is 97.3 Å². The Kier molecular flexibility index (Phi) is 4.33. The van der Waals surface area contributed by atoms with Crippen LogP contribution in [0, 0.1) is 6.92 Å². The molecule has 6 nitrogen and oxygen atoms in total. The first-order valence-electron chi connectivity index (χ1n) is 5.60. The summed E-state index contributed by atoms with van der Waals surface area (Å²) in [7, 11) is 0. The number of hydrogen-bond donors (Lipinski definition) is 2. The fourth-order valence-electron chi connectivity index (χ4n) is 1.37. The lowest BCUT2D eigenvalue weighted by molar-refractivity contribution is 0.318. The number of nitrogens with zero attached hydrogens (tertiary/aromatic N) is 4. The molecule has 0 aliphatic heterocycles. The van der Waals surface area contributed by atoms with E-state index in [0.717, 1.165) is 22.3 Å². The highest BCUT2D eigenvalue weighted by Crippen LogP contribution is 2.30. The molecule has 0 bridgehead atoms. The molecule has 0 amide bonds. The first-order valence-corrected chi connectivity index (χ1v) is 7.19. The highest BCUT2D eigenvalue weighted by atomic mass is 32.2. The second-order valence-corrected chi connectivity index (χ2v) is 5.71. The third kappa shape index (κ3) is 3.21. The summed E-state index contributed by atoms with van der Waals surface area (Å²) in [6.07, 6.45) is 0.797. The number of rotatable bonds is 4. The first-order chi connectivity index (χ1) is 9.13. The van der Waals surface area contributed by atoms with Crippen LogP contribution >= 0.6 is 23.3 Å². The Morgan fingerprint density at radius 1 is 1.47 bits per heavy atom. The summed E-state index contributed by atoms with van der Waals surface area (Å²) in [5.74, 6) is 0.848. The van der Waals surface area contributed by atoms with Crippen molar-refractivity contribution in [1.82, 2.24) is 14.3 Å². The summed E-state index contributed by atoms with van der Waals surface area (Å²) >= 11 is 2.69. The van der Waals surface area contributed by atoms with Crippen LogP contribution < -0.4 is 5.73 Å². The molecular formula is C11H13N5OS2. The molecule has 2 heterocycles. The molecule has 8 heteroatoms. The number of aromatic nitrogens is 3. The van der Waals surface area contributed by atoms with E-state index in [2.05, 4.69) is 19.5 Å². The minimum Gasteiger partial charge on any atom is -0.409 e. The predicted octanol–water partition coefficient (Wildman–Crippen LogP) is 2.05. The van der Waals surface area contributed by atoms with Crippen molar-refractivity contribution < 1.29 is 5.21 Å². The molecule has 19 heavy (non-hydrogen) atoms. The lowest BCUT2D eigenvalue weighted by Gasteiger charge is -2.05. The lowest BCUT2D eigenvalue weighted by atomic mass is 10.2. The van der Waals surface area contributed by atoms with Gasteiger partial charge in [0.15, 0.2) is 10.2 Å². The summed E-state index contributed by atoms with van der Waals surface area (Å²) in [4.78, 5) is 8.77. The number of hydrogen-bond acceptors (Lipinski definition) is 7. The molecule has 0 spiro atoms. The van der Waals surface area contributed by atoms with E-state index in [1.807, 2.05) is 19.9 Å². The van der Waals surface area contributed by atoms with E-state index in [1.54, 1.807) is 6.07 Å². The zero-order valence-electron chi connectivity index (χ0n) is 10.5. The fourth-order valence-corrected chi connectivity index (χ4v) is 3.15. The van der Waals surface area contributed by atoms with Gasteiger partial charge in [-0.25, -0.2) is 9.97 Å². The van der Waals surface area contributed by atoms with Crippen molar-refractivity contribution in [1.29, 1.82) is 0 Å². The minimum absolute atomic E-state index is 0.0373. The second kappa shape index (κ2) is 5.98. The summed E-state index contributed by atoms with van der Waals surface area (Å²) < 4.78 is 5.01. The van der Waals surface area contributed by atoms with Crippen molar-refractivity contribution in [3.63, 3.8) is 0 Å². The van der Waals surface area contributed by atoms with Crippen LogP contribution in [0.15, 0.2) is 26.7 Å². The standard InChI is InChI=1S/C11H13N5OS2/c1-3-8-14-11(19-16-8)18-10-7(9(12)15-17)5-4-6(2)13-10/h4-5,17H,3H2,1-2H3,(H2,12,15). The van der Waals surface area contributed by atoms with Gasteiger partial charge in [0.2, 0.25) is 0 Å². The molecule has 0 aliphatic rings. The van der Waals surface area contributed by atoms with E-state index in [9.17, 15) is 0 Å². The Morgan fingerprint density at radius 2 is 2.26 bits per heavy atom. The summed E-state index contributed by atoms with van der Waals surface area (Å²) in [6, 6.07) is 3.59. The van der Waals surface area contributed by atoms with Gasteiger partial charge in [0, 0.05) is 12.1 Å². The van der Waals surface area contributed by atoms with Crippen molar-refractivity contribution in [2.75, 3.05) is 0 Å². The quantitative estimate of drug-likeness (QED) is 0.388. The van der Waals surface area contributed by atoms with Crippen LogP contribution in [0.5, 0.6) is 0 Å². The molecule has 2 aromatic heterocycles. The van der Waals surface area contributed by atoms with Gasteiger partial charge in [0.05, 0.1) is 5.56 Å². The molecule has 2 rings (SSSR count). The van der Waals surface area contributed by atoms with Crippen LogP contribution in [0.2, 0.25) is 0 Å². The van der Waals surface area contributed by atoms with Gasteiger partial charge in [-0.2, -0.15) is 4.37 Å². The molecule has 0 unspecified atom stereocenters. The van der Waals surface area contributed by atoms with E-state index in [0.29, 0.717) is 10.6 Å². The summed E-state index contributed by atoms with van der Waals surface area (Å²) in [6.45, 7) is 3.89. The lowest BCUT2D eigenvalue weighted by Crippen LogP contribution is -2.15. The van der Waals surface area contributed by atoms with Gasteiger partial charge in [0.25, 0.3) is 0 Å². The van der Waals surface area contributed by atoms with Gasteiger partial charge >= 0.3 is 0 Å². The van der Waals surface area contributed by atoms with Crippen molar-refractivity contribution >= 4 is 29.1 Å². The smallest absolute Gasteiger partial charge is 0.176 e. The van der Waals surface area contributed by atoms with Crippen LogP contribution in [-0.4, -0.2) is 25.4 Å². The molecule has 0 saturated carbocycles. The molecular weight excluding hydrogens is 282 g/mol. The molecule has 0 aliphatic carbocycles. The van der Waals surface area contributed by atoms with Crippen molar-refractivity contribution in [2.24, 2.45) is 10.9 Å². The number of pyridine rings is 1. The van der Waals surface area contributed by atoms with Gasteiger partial charge < -0.3 is 10.9 Å². The van der Waals surface area contributed by atoms with Crippen LogP contribution in [0.3, 0.4) is 0 Å². The zero-order valence-corrected chi connectivity index (χ0v) is 12.1. The van der Waals surface area contributed by atoms with E-state index in [-0.39, 0.29) is 5.84 Å². The molecule has 0 aromatic carbocycles. The predicted molar refractivity (Wildman–Crippen MR) is 74.9 cm³/mol. The van der Waals surface area contributed by atoms with E-state index in [1.165, 1.54) is 23.3 Å². The highest BCUT2D eigenvalue weighted by Gasteiger charge is 2.13. The molecule has 0 atom stereocenters. The van der Waals surface area contributed by atoms with Crippen molar-refractivity contribution in [3.05, 3.63) is 29.2 Å². The van der Waals surface area contributed by atoms with Gasteiger partial charge in [0.1, 0.15) is 10.9 Å². The van der Waals surface area contributed by atoms with E-state index in [4.69, 9.17) is 10.9 Å².